The molecule has 0 aromatic heterocycles. The maximum atomic E-state index is 8.77. The maximum Gasteiger partial charge on any atom is 0.121 e. The highest BCUT2D eigenvalue weighted by Crippen LogP contribution is 2.25. The fourth-order valence-corrected chi connectivity index (χ4v) is 1.43. The van der Waals surface area contributed by atoms with E-state index in [4.69, 9.17) is 16.9 Å². The average molecular weight is 260 g/mol. The van der Waals surface area contributed by atoms with E-state index >= 15 is 0 Å². The molecule has 0 amide bonds. The van der Waals surface area contributed by atoms with E-state index in [1.165, 1.54) is 0 Å². The van der Waals surface area contributed by atoms with E-state index < -0.39 is 0 Å². The second-order valence-electron chi connectivity index (χ2n) is 2.52. The minimum absolute atomic E-state index is 0.300. The summed E-state index contributed by atoms with van der Waals surface area (Å²) >= 11 is 9.17. The molecule has 2 nitrogen and oxygen atoms in total. The van der Waals surface area contributed by atoms with Gasteiger partial charge in [-0.2, -0.15) is 5.26 Å². The molecule has 0 saturated carbocycles. The molecular formula is C9H8BrClN2. The van der Waals surface area contributed by atoms with E-state index in [0.29, 0.717) is 5.02 Å². The molecule has 0 bridgehead atoms. The first-order chi connectivity index (χ1) is 6.19. The van der Waals surface area contributed by atoms with Crippen LogP contribution in [0.2, 0.25) is 5.02 Å². The monoisotopic (exact) mass is 258 g/mol. The van der Waals surface area contributed by atoms with Gasteiger partial charge in [0.25, 0.3) is 0 Å². The SMILES string of the molecule is CNC(C#N)c1ccc(Br)c(Cl)c1. The van der Waals surface area contributed by atoms with Gasteiger partial charge >= 0.3 is 0 Å². The van der Waals surface area contributed by atoms with Gasteiger partial charge in [-0.3, -0.25) is 0 Å². The van der Waals surface area contributed by atoms with Crippen molar-refractivity contribution in [1.29, 1.82) is 5.26 Å². The van der Waals surface area contributed by atoms with Gasteiger partial charge in [0.05, 0.1) is 11.1 Å². The molecule has 4 heteroatoms. The lowest BCUT2D eigenvalue weighted by atomic mass is 10.1. The van der Waals surface area contributed by atoms with Crippen molar-refractivity contribution < 1.29 is 0 Å². The van der Waals surface area contributed by atoms with E-state index in [2.05, 4.69) is 27.3 Å². The predicted molar refractivity (Wildman–Crippen MR) is 56.6 cm³/mol. The van der Waals surface area contributed by atoms with Gasteiger partial charge in [0.15, 0.2) is 0 Å². The number of nitrogens with zero attached hydrogens (tertiary/aromatic N) is 1. The fourth-order valence-electron chi connectivity index (χ4n) is 0.998. The first-order valence-corrected chi connectivity index (χ1v) is 4.88. The van der Waals surface area contributed by atoms with Crippen molar-refractivity contribution in [2.75, 3.05) is 7.05 Å². The standard InChI is InChI=1S/C9H8BrClN2/c1-13-9(5-12)6-2-3-7(10)8(11)4-6/h2-4,9,13H,1H3. The molecule has 1 atom stereocenters. The van der Waals surface area contributed by atoms with Crippen LogP contribution in [0.1, 0.15) is 11.6 Å². The van der Waals surface area contributed by atoms with E-state index in [1.54, 1.807) is 13.1 Å². The summed E-state index contributed by atoms with van der Waals surface area (Å²) in [6.07, 6.45) is 0. The van der Waals surface area contributed by atoms with Crippen LogP contribution in [0.15, 0.2) is 22.7 Å². The lowest BCUT2D eigenvalue weighted by Crippen LogP contribution is -2.13. The van der Waals surface area contributed by atoms with Gasteiger partial charge in [-0.1, -0.05) is 17.7 Å². The molecule has 1 N–H and O–H groups in total. The third kappa shape index (κ3) is 2.44. The molecule has 0 radical (unpaired) electrons. The Morgan fingerprint density at radius 3 is 2.77 bits per heavy atom. The van der Waals surface area contributed by atoms with Crippen LogP contribution in [0, 0.1) is 11.3 Å². The van der Waals surface area contributed by atoms with Crippen LogP contribution in [0.25, 0.3) is 0 Å². The van der Waals surface area contributed by atoms with E-state index in [0.717, 1.165) is 10.0 Å². The normalized spacial score (nSPS) is 12.2. The molecule has 0 aliphatic rings. The average Bonchev–Trinajstić information content (AvgIpc) is 2.13. The molecule has 0 fully saturated rings. The summed E-state index contributed by atoms with van der Waals surface area (Å²) in [5.41, 5.74) is 0.873. The summed E-state index contributed by atoms with van der Waals surface area (Å²) in [6, 6.07) is 7.30. The second kappa shape index (κ2) is 4.61. The van der Waals surface area contributed by atoms with Crippen LogP contribution < -0.4 is 5.32 Å². The largest absolute Gasteiger partial charge is 0.301 e. The number of rotatable bonds is 2. The zero-order chi connectivity index (χ0) is 9.84. The van der Waals surface area contributed by atoms with Crippen molar-refractivity contribution in [2.24, 2.45) is 0 Å². The molecule has 1 unspecified atom stereocenters. The van der Waals surface area contributed by atoms with E-state index in [1.807, 2.05) is 12.1 Å². The highest BCUT2D eigenvalue weighted by Gasteiger charge is 2.08. The van der Waals surface area contributed by atoms with Gasteiger partial charge in [0, 0.05) is 4.47 Å². The maximum absolute atomic E-state index is 8.77. The molecule has 0 aliphatic heterocycles. The molecule has 1 aromatic rings. The predicted octanol–water partition coefficient (Wildman–Crippen LogP) is 2.89. The lowest BCUT2D eigenvalue weighted by Gasteiger charge is -2.08. The summed E-state index contributed by atoms with van der Waals surface area (Å²) in [5.74, 6) is 0. The van der Waals surface area contributed by atoms with Crippen molar-refractivity contribution in [3.05, 3.63) is 33.3 Å². The van der Waals surface area contributed by atoms with Gasteiger partial charge in [0.2, 0.25) is 0 Å². The topological polar surface area (TPSA) is 35.8 Å². The van der Waals surface area contributed by atoms with Crippen LogP contribution in [-0.4, -0.2) is 7.05 Å². The smallest absolute Gasteiger partial charge is 0.121 e. The zero-order valence-electron chi connectivity index (χ0n) is 7.01. The lowest BCUT2D eigenvalue weighted by molar-refractivity contribution is 0.727. The first kappa shape index (κ1) is 10.5. The summed E-state index contributed by atoms with van der Waals surface area (Å²) in [5, 5.41) is 12.3. The quantitative estimate of drug-likeness (QED) is 0.886. The Hall–Kier alpha value is -0.560. The Morgan fingerprint density at radius 1 is 1.62 bits per heavy atom. The van der Waals surface area contributed by atoms with Gasteiger partial charge in [0.1, 0.15) is 6.04 Å². The van der Waals surface area contributed by atoms with Gasteiger partial charge in [-0.15, -0.1) is 0 Å². The third-order valence-corrected chi connectivity index (χ3v) is 2.93. The minimum atomic E-state index is -0.300. The van der Waals surface area contributed by atoms with Gasteiger partial charge in [-0.25, -0.2) is 0 Å². The fraction of sp³-hybridized carbons (Fsp3) is 0.222. The summed E-state index contributed by atoms with van der Waals surface area (Å²) in [7, 11) is 1.74. The van der Waals surface area contributed by atoms with Crippen LogP contribution in [-0.2, 0) is 0 Å². The van der Waals surface area contributed by atoms with Crippen molar-refractivity contribution in [2.45, 2.75) is 6.04 Å². The van der Waals surface area contributed by atoms with E-state index in [-0.39, 0.29) is 6.04 Å². The Morgan fingerprint density at radius 2 is 2.31 bits per heavy atom. The van der Waals surface area contributed by atoms with Crippen LogP contribution in [0.3, 0.4) is 0 Å². The minimum Gasteiger partial charge on any atom is -0.301 e. The molecular weight excluding hydrogens is 251 g/mol. The van der Waals surface area contributed by atoms with Crippen molar-refractivity contribution >= 4 is 27.5 Å². The first-order valence-electron chi connectivity index (χ1n) is 3.71. The number of hydrogen-bond acceptors (Lipinski definition) is 2. The molecule has 0 heterocycles. The molecule has 0 spiro atoms. The Balaban J connectivity index is 3.04. The number of hydrogen-bond donors (Lipinski definition) is 1. The van der Waals surface area contributed by atoms with Crippen LogP contribution in [0.4, 0.5) is 0 Å². The van der Waals surface area contributed by atoms with E-state index in [9.17, 15) is 0 Å². The number of halogens is 2. The van der Waals surface area contributed by atoms with Crippen molar-refractivity contribution in [1.82, 2.24) is 5.32 Å². The molecule has 0 saturated heterocycles. The summed E-state index contributed by atoms with van der Waals surface area (Å²) in [4.78, 5) is 0. The van der Waals surface area contributed by atoms with Gasteiger partial charge < -0.3 is 5.32 Å². The Labute approximate surface area is 90.6 Å². The third-order valence-electron chi connectivity index (χ3n) is 1.69. The highest BCUT2D eigenvalue weighted by atomic mass is 79.9. The molecule has 1 aromatic carbocycles. The Kier molecular flexibility index (Phi) is 3.73. The molecule has 13 heavy (non-hydrogen) atoms. The highest BCUT2D eigenvalue weighted by molar-refractivity contribution is 9.10. The number of nitrogens with one attached hydrogen (secondary N) is 1. The van der Waals surface area contributed by atoms with Crippen molar-refractivity contribution in [3.8, 4) is 6.07 Å². The van der Waals surface area contributed by atoms with Crippen LogP contribution in [0.5, 0.6) is 0 Å². The van der Waals surface area contributed by atoms with Crippen LogP contribution >= 0.6 is 27.5 Å². The summed E-state index contributed by atoms with van der Waals surface area (Å²) in [6.45, 7) is 0. The molecule has 0 aliphatic carbocycles. The molecule has 1 rings (SSSR count). The number of nitriles is 1. The Bertz CT molecular complexity index is 346. The molecule has 68 valence electrons. The van der Waals surface area contributed by atoms with Gasteiger partial charge in [-0.05, 0) is 40.7 Å². The summed E-state index contributed by atoms with van der Waals surface area (Å²) < 4.78 is 0.839. The van der Waals surface area contributed by atoms with Crippen molar-refractivity contribution in [3.63, 3.8) is 0 Å². The zero-order valence-corrected chi connectivity index (χ0v) is 9.35. The second-order valence-corrected chi connectivity index (χ2v) is 3.79. The number of benzene rings is 1.